The summed E-state index contributed by atoms with van der Waals surface area (Å²) in [6.07, 6.45) is 3.72. The predicted molar refractivity (Wildman–Crippen MR) is 111 cm³/mol. The standard InChI is InChI=1S/C22H22N4O2/c1-15-16(2)26-14-18(25-11-7-6-10-21(25)27)12-19(22(26)24-15)23-13-17-8-4-5-9-20(17)28-3/h4-12,14,23H,13H2,1-3H3. The van der Waals surface area contributed by atoms with E-state index in [0.29, 0.717) is 6.54 Å². The van der Waals surface area contributed by atoms with Gasteiger partial charge in [-0.2, -0.15) is 0 Å². The number of aromatic nitrogens is 3. The van der Waals surface area contributed by atoms with Crippen LogP contribution < -0.4 is 15.6 Å². The fraction of sp³-hybridized carbons (Fsp3) is 0.182. The Balaban J connectivity index is 1.81. The van der Waals surface area contributed by atoms with E-state index in [4.69, 9.17) is 9.72 Å². The van der Waals surface area contributed by atoms with Gasteiger partial charge in [-0.05, 0) is 32.0 Å². The van der Waals surface area contributed by atoms with Gasteiger partial charge in [0.1, 0.15) is 5.75 Å². The van der Waals surface area contributed by atoms with Crippen LogP contribution in [0.1, 0.15) is 17.0 Å². The predicted octanol–water partition coefficient (Wildman–Crippen LogP) is 3.72. The number of pyridine rings is 2. The van der Waals surface area contributed by atoms with Crippen LogP contribution in [0.25, 0.3) is 11.3 Å². The summed E-state index contributed by atoms with van der Waals surface area (Å²) in [6, 6.07) is 15.0. The van der Waals surface area contributed by atoms with Gasteiger partial charge < -0.3 is 14.5 Å². The normalized spacial score (nSPS) is 11.0. The van der Waals surface area contributed by atoms with Crippen molar-refractivity contribution < 1.29 is 4.74 Å². The quantitative estimate of drug-likeness (QED) is 0.578. The third-order valence-electron chi connectivity index (χ3n) is 4.94. The molecule has 4 aromatic rings. The number of nitrogens with zero attached hydrogens (tertiary/aromatic N) is 3. The van der Waals surface area contributed by atoms with Crippen LogP contribution in [0, 0.1) is 13.8 Å². The number of hydrogen-bond acceptors (Lipinski definition) is 4. The molecular weight excluding hydrogens is 352 g/mol. The molecule has 0 bridgehead atoms. The second kappa shape index (κ2) is 7.23. The molecule has 0 radical (unpaired) electrons. The van der Waals surface area contributed by atoms with Crippen molar-refractivity contribution >= 4 is 11.3 Å². The van der Waals surface area contributed by atoms with E-state index in [1.54, 1.807) is 30.0 Å². The molecule has 1 aromatic carbocycles. The van der Waals surface area contributed by atoms with Gasteiger partial charge in [0.2, 0.25) is 0 Å². The van der Waals surface area contributed by atoms with E-state index in [-0.39, 0.29) is 5.56 Å². The molecule has 28 heavy (non-hydrogen) atoms. The zero-order valence-corrected chi connectivity index (χ0v) is 16.1. The number of fused-ring (bicyclic) bond motifs is 1. The highest BCUT2D eigenvalue weighted by Crippen LogP contribution is 2.25. The number of imidazole rings is 1. The minimum Gasteiger partial charge on any atom is -0.496 e. The molecule has 0 aliphatic carbocycles. The third-order valence-corrected chi connectivity index (χ3v) is 4.94. The van der Waals surface area contributed by atoms with Crippen LogP contribution in [-0.4, -0.2) is 21.1 Å². The summed E-state index contributed by atoms with van der Waals surface area (Å²) in [7, 11) is 1.67. The molecule has 3 aromatic heterocycles. The topological polar surface area (TPSA) is 60.6 Å². The van der Waals surface area contributed by atoms with Gasteiger partial charge in [-0.1, -0.05) is 24.3 Å². The molecule has 0 aliphatic rings. The Morgan fingerprint density at radius 1 is 1.11 bits per heavy atom. The number of anilines is 1. The molecule has 4 rings (SSSR count). The van der Waals surface area contributed by atoms with Crippen molar-refractivity contribution in [3.63, 3.8) is 0 Å². The van der Waals surface area contributed by atoms with Crippen LogP contribution in [0.5, 0.6) is 5.75 Å². The summed E-state index contributed by atoms with van der Waals surface area (Å²) >= 11 is 0. The number of aryl methyl sites for hydroxylation is 2. The molecule has 3 heterocycles. The number of benzene rings is 1. The minimum atomic E-state index is -0.0768. The molecule has 0 saturated carbocycles. The van der Waals surface area contributed by atoms with Crippen LogP contribution in [0.4, 0.5) is 5.69 Å². The first-order chi connectivity index (χ1) is 13.6. The van der Waals surface area contributed by atoms with E-state index in [9.17, 15) is 4.79 Å². The van der Waals surface area contributed by atoms with E-state index in [0.717, 1.165) is 39.7 Å². The largest absolute Gasteiger partial charge is 0.496 e. The molecule has 0 spiro atoms. The van der Waals surface area contributed by atoms with Crippen LogP contribution in [0.3, 0.4) is 0 Å². The van der Waals surface area contributed by atoms with Crippen molar-refractivity contribution in [2.75, 3.05) is 12.4 Å². The maximum Gasteiger partial charge on any atom is 0.255 e. The summed E-state index contributed by atoms with van der Waals surface area (Å²) in [5, 5.41) is 3.47. The van der Waals surface area contributed by atoms with E-state index < -0.39 is 0 Å². The van der Waals surface area contributed by atoms with Gasteiger partial charge in [0.05, 0.1) is 24.2 Å². The van der Waals surface area contributed by atoms with Crippen molar-refractivity contribution in [1.82, 2.24) is 14.0 Å². The molecule has 0 fully saturated rings. The summed E-state index contributed by atoms with van der Waals surface area (Å²) in [5.41, 5.74) is 5.44. The Bertz CT molecular complexity index is 1210. The summed E-state index contributed by atoms with van der Waals surface area (Å²) < 4.78 is 9.10. The van der Waals surface area contributed by atoms with Crippen LogP contribution in [-0.2, 0) is 6.54 Å². The van der Waals surface area contributed by atoms with Crippen molar-refractivity contribution in [3.8, 4) is 11.4 Å². The fourth-order valence-corrected chi connectivity index (χ4v) is 3.30. The van der Waals surface area contributed by atoms with Crippen molar-refractivity contribution in [2.24, 2.45) is 0 Å². The third kappa shape index (κ3) is 3.13. The maximum atomic E-state index is 12.3. The van der Waals surface area contributed by atoms with E-state index in [1.807, 2.05) is 60.8 Å². The van der Waals surface area contributed by atoms with E-state index in [2.05, 4.69) is 5.32 Å². The second-order valence-electron chi connectivity index (χ2n) is 6.66. The van der Waals surface area contributed by atoms with Crippen molar-refractivity contribution in [3.05, 3.63) is 88.2 Å². The molecule has 6 nitrogen and oxygen atoms in total. The van der Waals surface area contributed by atoms with Gasteiger partial charge in [-0.25, -0.2) is 4.98 Å². The van der Waals surface area contributed by atoms with Crippen LogP contribution >= 0.6 is 0 Å². The SMILES string of the molecule is COc1ccccc1CNc1cc(-n2ccccc2=O)cn2c(C)c(C)nc12. The Labute approximate surface area is 163 Å². The molecule has 0 saturated heterocycles. The lowest BCUT2D eigenvalue weighted by atomic mass is 10.2. The molecule has 6 heteroatoms. The highest BCUT2D eigenvalue weighted by atomic mass is 16.5. The second-order valence-corrected chi connectivity index (χ2v) is 6.66. The Morgan fingerprint density at radius 2 is 1.89 bits per heavy atom. The smallest absolute Gasteiger partial charge is 0.255 e. The number of hydrogen-bond donors (Lipinski definition) is 1. The molecular formula is C22H22N4O2. The lowest BCUT2D eigenvalue weighted by molar-refractivity contribution is 0.410. The maximum absolute atomic E-state index is 12.3. The molecule has 0 atom stereocenters. The monoisotopic (exact) mass is 374 g/mol. The molecule has 0 unspecified atom stereocenters. The number of methoxy groups -OCH3 is 1. The van der Waals surface area contributed by atoms with E-state index in [1.165, 1.54) is 0 Å². The molecule has 1 N–H and O–H groups in total. The first-order valence-electron chi connectivity index (χ1n) is 9.11. The number of nitrogens with one attached hydrogen (secondary N) is 1. The van der Waals surface area contributed by atoms with Crippen LogP contribution in [0.2, 0.25) is 0 Å². The van der Waals surface area contributed by atoms with Gasteiger partial charge in [0.25, 0.3) is 5.56 Å². The van der Waals surface area contributed by atoms with Crippen molar-refractivity contribution in [2.45, 2.75) is 20.4 Å². The number of para-hydroxylation sites is 1. The van der Waals surface area contributed by atoms with Gasteiger partial charge in [0.15, 0.2) is 5.65 Å². The zero-order valence-electron chi connectivity index (χ0n) is 16.1. The highest BCUT2D eigenvalue weighted by molar-refractivity contribution is 5.71. The molecule has 0 aliphatic heterocycles. The summed E-state index contributed by atoms with van der Waals surface area (Å²) in [6.45, 7) is 4.59. The summed E-state index contributed by atoms with van der Waals surface area (Å²) in [5.74, 6) is 0.831. The summed E-state index contributed by atoms with van der Waals surface area (Å²) in [4.78, 5) is 17.0. The highest BCUT2D eigenvalue weighted by Gasteiger charge is 2.13. The zero-order chi connectivity index (χ0) is 19.7. The van der Waals surface area contributed by atoms with E-state index >= 15 is 0 Å². The average Bonchev–Trinajstić information content (AvgIpc) is 3.01. The van der Waals surface area contributed by atoms with Gasteiger partial charge in [-0.15, -0.1) is 0 Å². The Morgan fingerprint density at radius 3 is 2.68 bits per heavy atom. The van der Waals surface area contributed by atoms with Gasteiger partial charge >= 0.3 is 0 Å². The molecule has 142 valence electrons. The van der Waals surface area contributed by atoms with Crippen LogP contribution in [0.15, 0.2) is 65.7 Å². The Hall–Kier alpha value is -3.54. The average molecular weight is 374 g/mol. The number of ether oxygens (including phenoxy) is 1. The first-order valence-corrected chi connectivity index (χ1v) is 9.11. The van der Waals surface area contributed by atoms with Gasteiger partial charge in [0, 0.05) is 36.3 Å². The first kappa shape index (κ1) is 17.9. The fourth-order valence-electron chi connectivity index (χ4n) is 3.30. The van der Waals surface area contributed by atoms with Crippen molar-refractivity contribution in [1.29, 1.82) is 0 Å². The number of rotatable bonds is 5. The molecule has 0 amide bonds. The Kier molecular flexibility index (Phi) is 4.61. The lowest BCUT2D eigenvalue weighted by Crippen LogP contribution is -2.16. The van der Waals surface area contributed by atoms with Gasteiger partial charge in [-0.3, -0.25) is 9.36 Å². The minimum absolute atomic E-state index is 0.0768. The lowest BCUT2D eigenvalue weighted by Gasteiger charge is -2.14.